The Morgan fingerprint density at radius 2 is 2.00 bits per heavy atom. The highest BCUT2D eigenvalue weighted by atomic mass is 28.3. The quantitative estimate of drug-likeness (QED) is 0.402. The molecule has 160 valence electrons. The van der Waals surface area contributed by atoms with Gasteiger partial charge in [-0.3, -0.25) is 4.79 Å². The fourth-order valence-electron chi connectivity index (χ4n) is 3.05. The number of imidazole rings is 1. The first kappa shape index (κ1) is 22.0. The van der Waals surface area contributed by atoms with Gasteiger partial charge in [-0.15, -0.1) is 0 Å². The van der Waals surface area contributed by atoms with E-state index >= 15 is 0 Å². The van der Waals surface area contributed by atoms with E-state index in [1.54, 1.807) is 18.5 Å². The van der Waals surface area contributed by atoms with Crippen molar-refractivity contribution in [3.63, 3.8) is 0 Å². The van der Waals surface area contributed by atoms with Gasteiger partial charge in [0.1, 0.15) is 6.73 Å². The highest BCUT2D eigenvalue weighted by Crippen LogP contribution is 2.24. The minimum absolute atomic E-state index is 0.0768. The maximum atomic E-state index is 13.6. The van der Waals surface area contributed by atoms with Gasteiger partial charge in [-0.05, 0) is 42.8 Å². The van der Waals surface area contributed by atoms with E-state index < -0.39 is 13.9 Å². The van der Waals surface area contributed by atoms with Crippen molar-refractivity contribution in [2.45, 2.75) is 39.3 Å². The lowest BCUT2D eigenvalue weighted by Crippen LogP contribution is -2.22. The molecular weight excluding hydrogens is 401 g/mol. The summed E-state index contributed by atoms with van der Waals surface area (Å²) in [6.45, 7) is 9.96. The second-order valence-electron chi connectivity index (χ2n) is 8.53. The lowest BCUT2D eigenvalue weighted by molar-refractivity contribution is 0.0898. The van der Waals surface area contributed by atoms with Crippen LogP contribution in [0.4, 0.5) is 10.1 Å². The van der Waals surface area contributed by atoms with Crippen LogP contribution in [0.15, 0.2) is 36.7 Å². The molecular formula is C22H28FN3O3Si. The van der Waals surface area contributed by atoms with Crippen LogP contribution in [0.2, 0.25) is 25.7 Å². The number of halogens is 1. The highest BCUT2D eigenvalue weighted by molar-refractivity contribution is 6.76. The molecule has 0 radical (unpaired) electrons. The number of hydrogen-bond acceptors (Lipinski definition) is 4. The summed E-state index contributed by atoms with van der Waals surface area (Å²) < 4.78 is 26.3. The standard InChI is InChI=1S/C22H28FN3O3Si/c1-15-10-16(22(27)25-17-6-7-18(23)20(12-17)28-2)11-19-21(15)24-13-26(19)14-29-8-9-30(3,4)5/h6-7,10-13H,8-9,14H2,1-5H3,(H,25,27). The monoisotopic (exact) mass is 429 g/mol. The molecule has 0 aliphatic heterocycles. The zero-order chi connectivity index (χ0) is 21.9. The fraction of sp³-hybridized carbons (Fsp3) is 0.364. The van der Waals surface area contributed by atoms with Crippen molar-refractivity contribution < 1.29 is 18.7 Å². The molecule has 1 N–H and O–H groups in total. The minimum Gasteiger partial charge on any atom is -0.494 e. The lowest BCUT2D eigenvalue weighted by atomic mass is 10.1. The number of anilines is 1. The number of methoxy groups -OCH3 is 1. The van der Waals surface area contributed by atoms with Crippen LogP contribution < -0.4 is 10.1 Å². The Bertz CT molecular complexity index is 1060. The van der Waals surface area contributed by atoms with E-state index in [-0.39, 0.29) is 11.7 Å². The third kappa shape index (κ3) is 5.25. The van der Waals surface area contributed by atoms with E-state index in [9.17, 15) is 9.18 Å². The van der Waals surface area contributed by atoms with E-state index in [1.807, 2.05) is 11.5 Å². The van der Waals surface area contributed by atoms with Crippen LogP contribution in [0.1, 0.15) is 15.9 Å². The van der Waals surface area contributed by atoms with E-state index in [4.69, 9.17) is 9.47 Å². The Balaban J connectivity index is 1.78. The summed E-state index contributed by atoms with van der Waals surface area (Å²) >= 11 is 0. The predicted molar refractivity (Wildman–Crippen MR) is 119 cm³/mol. The van der Waals surface area contributed by atoms with E-state index in [0.29, 0.717) is 24.6 Å². The Hall–Kier alpha value is -2.71. The molecule has 0 spiro atoms. The highest BCUT2D eigenvalue weighted by Gasteiger charge is 2.15. The number of benzene rings is 2. The Kier molecular flexibility index (Phi) is 6.57. The molecule has 0 atom stereocenters. The number of fused-ring (bicyclic) bond motifs is 1. The lowest BCUT2D eigenvalue weighted by Gasteiger charge is -2.15. The molecule has 30 heavy (non-hydrogen) atoms. The Labute approximate surface area is 177 Å². The van der Waals surface area contributed by atoms with Crippen molar-refractivity contribution in [1.82, 2.24) is 9.55 Å². The molecule has 8 heteroatoms. The van der Waals surface area contributed by atoms with Crippen molar-refractivity contribution in [1.29, 1.82) is 0 Å². The first-order chi connectivity index (χ1) is 14.2. The predicted octanol–water partition coefficient (Wildman–Crippen LogP) is 5.06. The minimum atomic E-state index is -1.15. The average molecular weight is 430 g/mol. The summed E-state index contributed by atoms with van der Waals surface area (Å²) in [6, 6.07) is 8.89. The molecule has 2 aromatic carbocycles. The van der Waals surface area contributed by atoms with Crippen LogP contribution in [0.25, 0.3) is 11.0 Å². The summed E-state index contributed by atoms with van der Waals surface area (Å²) in [7, 11) is 0.234. The van der Waals surface area contributed by atoms with Gasteiger partial charge < -0.3 is 19.4 Å². The molecule has 0 bridgehead atoms. The van der Waals surface area contributed by atoms with Crippen LogP contribution in [-0.2, 0) is 11.5 Å². The Morgan fingerprint density at radius 1 is 1.23 bits per heavy atom. The summed E-state index contributed by atoms with van der Waals surface area (Å²) in [5, 5.41) is 2.79. The summed E-state index contributed by atoms with van der Waals surface area (Å²) in [5.74, 6) is -0.695. The van der Waals surface area contributed by atoms with Gasteiger partial charge in [0.15, 0.2) is 11.6 Å². The Morgan fingerprint density at radius 3 is 2.70 bits per heavy atom. The molecule has 1 heterocycles. The number of nitrogens with zero attached hydrogens (tertiary/aromatic N) is 2. The van der Waals surface area contributed by atoms with Gasteiger partial charge in [0, 0.05) is 32.0 Å². The number of ether oxygens (including phenoxy) is 2. The van der Waals surface area contributed by atoms with Gasteiger partial charge in [-0.25, -0.2) is 9.37 Å². The molecule has 0 fully saturated rings. The molecule has 1 amide bonds. The molecule has 0 saturated heterocycles. The molecule has 0 saturated carbocycles. The van der Waals surface area contributed by atoms with E-state index in [0.717, 1.165) is 22.6 Å². The number of carbonyl (C=O) groups excluding carboxylic acids is 1. The molecule has 0 unspecified atom stereocenters. The summed E-state index contributed by atoms with van der Waals surface area (Å²) in [5.41, 5.74) is 3.52. The van der Waals surface area contributed by atoms with Gasteiger partial charge in [0.05, 0.1) is 24.5 Å². The van der Waals surface area contributed by atoms with E-state index in [1.165, 1.54) is 25.3 Å². The smallest absolute Gasteiger partial charge is 0.255 e. The maximum absolute atomic E-state index is 13.6. The molecule has 1 aromatic heterocycles. The molecule has 6 nitrogen and oxygen atoms in total. The normalized spacial score (nSPS) is 11.7. The zero-order valence-corrected chi connectivity index (χ0v) is 19.1. The van der Waals surface area contributed by atoms with Gasteiger partial charge in [-0.1, -0.05) is 19.6 Å². The van der Waals surface area contributed by atoms with Gasteiger partial charge in [0.2, 0.25) is 0 Å². The molecule has 3 aromatic rings. The zero-order valence-electron chi connectivity index (χ0n) is 18.1. The van der Waals surface area contributed by atoms with Crippen LogP contribution in [0.3, 0.4) is 0 Å². The van der Waals surface area contributed by atoms with Crippen molar-refractivity contribution in [2.75, 3.05) is 19.0 Å². The van der Waals surface area contributed by atoms with Crippen molar-refractivity contribution in [3.05, 3.63) is 53.6 Å². The number of aryl methyl sites for hydroxylation is 1. The van der Waals surface area contributed by atoms with Gasteiger partial charge >= 0.3 is 0 Å². The largest absolute Gasteiger partial charge is 0.494 e. The average Bonchev–Trinajstić information content (AvgIpc) is 3.09. The first-order valence-electron chi connectivity index (χ1n) is 9.86. The number of rotatable bonds is 8. The maximum Gasteiger partial charge on any atom is 0.255 e. The molecule has 0 aliphatic carbocycles. The molecule has 3 rings (SSSR count). The van der Waals surface area contributed by atoms with Crippen LogP contribution >= 0.6 is 0 Å². The van der Waals surface area contributed by atoms with Crippen molar-refractivity contribution in [2.24, 2.45) is 0 Å². The van der Waals surface area contributed by atoms with Crippen molar-refractivity contribution in [3.8, 4) is 5.75 Å². The van der Waals surface area contributed by atoms with E-state index in [2.05, 4.69) is 29.9 Å². The number of aromatic nitrogens is 2. The third-order valence-corrected chi connectivity index (χ3v) is 6.52. The molecule has 0 aliphatic rings. The van der Waals surface area contributed by atoms with Gasteiger partial charge in [0.25, 0.3) is 5.91 Å². The second-order valence-corrected chi connectivity index (χ2v) is 14.1. The number of amides is 1. The SMILES string of the molecule is COc1cc(NC(=O)c2cc(C)c3ncn(COCC[Si](C)(C)C)c3c2)ccc1F. The number of carbonyl (C=O) groups is 1. The number of nitrogens with one attached hydrogen (secondary N) is 1. The van der Waals surface area contributed by atoms with Gasteiger partial charge in [-0.2, -0.15) is 0 Å². The van der Waals surface area contributed by atoms with Crippen LogP contribution in [-0.4, -0.2) is 37.2 Å². The second kappa shape index (κ2) is 8.97. The summed E-state index contributed by atoms with van der Waals surface area (Å²) in [4.78, 5) is 17.3. The number of hydrogen-bond donors (Lipinski definition) is 1. The van der Waals surface area contributed by atoms with Crippen LogP contribution in [0.5, 0.6) is 5.75 Å². The fourth-order valence-corrected chi connectivity index (χ4v) is 3.81. The topological polar surface area (TPSA) is 65.4 Å². The van der Waals surface area contributed by atoms with Crippen molar-refractivity contribution >= 4 is 30.7 Å². The van der Waals surface area contributed by atoms with Crippen LogP contribution in [0, 0.1) is 12.7 Å². The summed E-state index contributed by atoms with van der Waals surface area (Å²) in [6.07, 6.45) is 1.73. The third-order valence-electron chi connectivity index (χ3n) is 4.81. The first-order valence-corrected chi connectivity index (χ1v) is 13.6.